The van der Waals surface area contributed by atoms with Crippen LogP contribution in [-0.4, -0.2) is 44.9 Å². The molecule has 0 saturated carbocycles. The second-order valence-corrected chi connectivity index (χ2v) is 13.5. The van der Waals surface area contributed by atoms with Crippen molar-refractivity contribution in [3.8, 4) is 0 Å². The summed E-state index contributed by atoms with van der Waals surface area (Å²) >= 11 is 9.87. The van der Waals surface area contributed by atoms with Crippen molar-refractivity contribution >= 4 is 51.7 Å². The van der Waals surface area contributed by atoms with Gasteiger partial charge in [0, 0.05) is 28.1 Å². The molecule has 33 heavy (non-hydrogen) atoms. The molecule has 1 saturated heterocycles. The number of amides is 1. The number of rotatable bonds is 4. The first-order chi connectivity index (χ1) is 15.5. The number of thioether (sulfide) groups is 1. The van der Waals surface area contributed by atoms with Gasteiger partial charge < -0.3 is 15.0 Å². The lowest BCUT2D eigenvalue weighted by atomic mass is 9.79. The standard InChI is InChI=1S/C24H33ClN4O2S2/c1-23(2,3)31-22(30)29-10-7-15(8-11-29)32-16-12-19(25)27-20(13-16)28-21-26-17-6-9-24(4,5)14-18(17)33-21/h12-13,15H,6-11,14H2,1-5H3,(H,26,27,28). The van der Waals surface area contributed by atoms with Crippen LogP contribution in [0.2, 0.25) is 5.15 Å². The van der Waals surface area contributed by atoms with Crippen molar-refractivity contribution in [3.63, 3.8) is 0 Å². The maximum absolute atomic E-state index is 12.3. The lowest BCUT2D eigenvalue weighted by Gasteiger charge is -2.33. The fraction of sp³-hybridized carbons (Fsp3) is 0.625. The monoisotopic (exact) mass is 508 g/mol. The Bertz CT molecular complexity index is 1010. The van der Waals surface area contributed by atoms with E-state index in [9.17, 15) is 4.79 Å². The first kappa shape index (κ1) is 24.6. The van der Waals surface area contributed by atoms with Gasteiger partial charge in [0.1, 0.15) is 16.6 Å². The average Bonchev–Trinajstić information content (AvgIpc) is 3.06. The number of carbonyl (C=O) groups excluding carboxylic acids is 1. The summed E-state index contributed by atoms with van der Waals surface area (Å²) in [5.41, 5.74) is 1.09. The van der Waals surface area contributed by atoms with Gasteiger partial charge >= 0.3 is 6.09 Å². The SMILES string of the molecule is CC1(C)CCc2nc(Nc3cc(SC4CCN(C(=O)OC(C)(C)C)CC4)cc(Cl)n3)sc2C1. The highest BCUT2D eigenvalue weighted by molar-refractivity contribution is 8.00. The number of nitrogens with one attached hydrogen (secondary N) is 1. The number of likely N-dealkylation sites (tertiary alicyclic amines) is 1. The van der Waals surface area contributed by atoms with Crippen LogP contribution in [0.4, 0.5) is 15.7 Å². The summed E-state index contributed by atoms with van der Waals surface area (Å²) in [6.45, 7) is 11.7. The largest absolute Gasteiger partial charge is 0.444 e. The summed E-state index contributed by atoms with van der Waals surface area (Å²) in [6, 6.07) is 3.95. The van der Waals surface area contributed by atoms with Crippen molar-refractivity contribution in [1.29, 1.82) is 0 Å². The van der Waals surface area contributed by atoms with Crippen molar-refractivity contribution in [2.24, 2.45) is 5.41 Å². The number of ether oxygens (including phenoxy) is 1. The quantitative estimate of drug-likeness (QED) is 0.451. The molecular weight excluding hydrogens is 476 g/mol. The number of hydrogen-bond donors (Lipinski definition) is 1. The topological polar surface area (TPSA) is 67.4 Å². The van der Waals surface area contributed by atoms with Gasteiger partial charge in [-0.3, -0.25) is 0 Å². The molecule has 3 heterocycles. The van der Waals surface area contributed by atoms with E-state index in [1.165, 1.54) is 17.0 Å². The number of nitrogens with zero attached hydrogens (tertiary/aromatic N) is 3. The summed E-state index contributed by atoms with van der Waals surface area (Å²) < 4.78 is 5.50. The summed E-state index contributed by atoms with van der Waals surface area (Å²) in [5.74, 6) is 0.724. The number of hydrogen-bond acceptors (Lipinski definition) is 7. The zero-order chi connectivity index (χ0) is 23.8. The molecule has 0 unspecified atom stereocenters. The van der Waals surface area contributed by atoms with Crippen molar-refractivity contribution in [2.75, 3.05) is 18.4 Å². The van der Waals surface area contributed by atoms with Crippen LogP contribution in [0.3, 0.4) is 0 Å². The Morgan fingerprint density at radius 1 is 1.27 bits per heavy atom. The number of thiazole rings is 1. The Kier molecular flexibility index (Phi) is 7.18. The number of pyridine rings is 1. The molecule has 6 nitrogen and oxygen atoms in total. The van der Waals surface area contributed by atoms with Crippen LogP contribution >= 0.6 is 34.7 Å². The van der Waals surface area contributed by atoms with Gasteiger partial charge in [0.25, 0.3) is 0 Å². The maximum atomic E-state index is 12.3. The highest BCUT2D eigenvalue weighted by atomic mass is 35.5. The molecule has 2 aromatic heterocycles. The van der Waals surface area contributed by atoms with Crippen molar-refractivity contribution in [2.45, 2.75) is 82.5 Å². The third-order valence-electron chi connectivity index (χ3n) is 5.85. The third kappa shape index (κ3) is 6.76. The number of fused-ring (bicyclic) bond motifs is 1. The van der Waals surface area contributed by atoms with Crippen LogP contribution in [0.15, 0.2) is 17.0 Å². The number of aryl methyl sites for hydroxylation is 1. The predicted molar refractivity (Wildman–Crippen MR) is 137 cm³/mol. The molecule has 4 rings (SSSR count). The molecule has 2 aliphatic rings. The van der Waals surface area contributed by atoms with Gasteiger partial charge in [-0.25, -0.2) is 14.8 Å². The van der Waals surface area contributed by atoms with Gasteiger partial charge in [0.15, 0.2) is 5.13 Å². The number of piperidine rings is 1. The molecule has 0 atom stereocenters. The minimum Gasteiger partial charge on any atom is -0.444 e. The van der Waals surface area contributed by atoms with Gasteiger partial charge in [0.2, 0.25) is 0 Å². The first-order valence-corrected chi connectivity index (χ1v) is 13.6. The Labute approximate surface area is 209 Å². The van der Waals surface area contributed by atoms with Gasteiger partial charge in [-0.1, -0.05) is 25.4 Å². The number of anilines is 2. The number of halogens is 1. The van der Waals surface area contributed by atoms with Crippen LogP contribution < -0.4 is 5.32 Å². The van der Waals surface area contributed by atoms with E-state index in [1.807, 2.05) is 32.9 Å². The van der Waals surface area contributed by atoms with Crippen molar-refractivity contribution in [3.05, 3.63) is 27.9 Å². The summed E-state index contributed by atoms with van der Waals surface area (Å²) in [5, 5.41) is 5.15. The summed E-state index contributed by atoms with van der Waals surface area (Å²) in [4.78, 5) is 25.8. The third-order valence-corrected chi connectivity index (χ3v) is 8.37. The van der Waals surface area contributed by atoms with E-state index < -0.39 is 5.60 Å². The lowest BCUT2D eigenvalue weighted by Crippen LogP contribution is -2.42. The molecule has 0 bridgehead atoms. The lowest BCUT2D eigenvalue weighted by molar-refractivity contribution is 0.0219. The van der Waals surface area contributed by atoms with E-state index in [4.69, 9.17) is 21.3 Å². The Balaban J connectivity index is 1.36. The van der Waals surface area contributed by atoms with Gasteiger partial charge in [0.05, 0.1) is 5.69 Å². The summed E-state index contributed by atoms with van der Waals surface area (Å²) in [6.07, 6.45) is 4.90. The van der Waals surface area contributed by atoms with E-state index in [0.717, 1.165) is 41.5 Å². The smallest absolute Gasteiger partial charge is 0.410 e. The zero-order valence-electron chi connectivity index (χ0n) is 20.0. The Hall–Kier alpha value is -1.51. The minimum atomic E-state index is -0.466. The highest BCUT2D eigenvalue weighted by Gasteiger charge is 2.29. The van der Waals surface area contributed by atoms with Crippen molar-refractivity contribution < 1.29 is 9.53 Å². The van der Waals surface area contributed by atoms with Gasteiger partial charge in [-0.15, -0.1) is 23.1 Å². The summed E-state index contributed by atoms with van der Waals surface area (Å²) in [7, 11) is 0. The van der Waals surface area contributed by atoms with Crippen LogP contribution in [0.1, 0.15) is 64.5 Å². The average molecular weight is 509 g/mol. The molecule has 0 radical (unpaired) electrons. The molecule has 180 valence electrons. The molecular formula is C24H33ClN4O2S2. The molecule has 1 N–H and O–H groups in total. The number of carbonyl (C=O) groups is 1. The van der Waals surface area contributed by atoms with E-state index in [2.05, 4.69) is 24.1 Å². The predicted octanol–water partition coefficient (Wildman–Crippen LogP) is 6.94. The van der Waals surface area contributed by atoms with Crippen LogP contribution in [0.25, 0.3) is 0 Å². The Morgan fingerprint density at radius 2 is 2.00 bits per heavy atom. The molecule has 0 spiro atoms. The fourth-order valence-electron chi connectivity index (χ4n) is 4.14. The molecule has 1 fully saturated rings. The van der Waals surface area contributed by atoms with Crippen LogP contribution in [-0.2, 0) is 17.6 Å². The second kappa shape index (κ2) is 9.62. The van der Waals surface area contributed by atoms with E-state index in [0.29, 0.717) is 28.9 Å². The molecule has 1 aliphatic carbocycles. The van der Waals surface area contributed by atoms with E-state index >= 15 is 0 Å². The maximum Gasteiger partial charge on any atom is 0.410 e. The normalized spacial score (nSPS) is 18.7. The van der Waals surface area contributed by atoms with E-state index in [-0.39, 0.29) is 6.09 Å². The van der Waals surface area contributed by atoms with Crippen LogP contribution in [0, 0.1) is 5.41 Å². The fourth-order valence-corrected chi connectivity index (χ4v) is 6.88. The van der Waals surface area contributed by atoms with E-state index in [1.54, 1.807) is 28.0 Å². The molecule has 9 heteroatoms. The van der Waals surface area contributed by atoms with Gasteiger partial charge in [-0.05, 0) is 70.4 Å². The first-order valence-electron chi connectivity index (χ1n) is 11.5. The number of aromatic nitrogens is 2. The second-order valence-electron chi connectivity index (χ2n) is 10.7. The highest BCUT2D eigenvalue weighted by Crippen LogP contribution is 2.40. The van der Waals surface area contributed by atoms with Crippen LogP contribution in [0.5, 0.6) is 0 Å². The Morgan fingerprint density at radius 3 is 2.70 bits per heavy atom. The van der Waals surface area contributed by atoms with Crippen molar-refractivity contribution in [1.82, 2.24) is 14.9 Å². The zero-order valence-corrected chi connectivity index (χ0v) is 22.4. The molecule has 2 aromatic rings. The molecule has 1 amide bonds. The molecule has 1 aliphatic heterocycles. The van der Waals surface area contributed by atoms with Gasteiger partial charge in [-0.2, -0.15) is 0 Å². The molecule has 0 aromatic carbocycles. The minimum absolute atomic E-state index is 0.223.